The van der Waals surface area contributed by atoms with Crippen LogP contribution in [0.3, 0.4) is 0 Å². The highest BCUT2D eigenvalue weighted by Gasteiger charge is 2.18. The van der Waals surface area contributed by atoms with Gasteiger partial charge in [0.15, 0.2) is 16.8 Å². The molecule has 0 aliphatic carbocycles. The highest BCUT2D eigenvalue weighted by atomic mass is 32.2. The Kier molecular flexibility index (Phi) is 5.50. The molecule has 0 saturated heterocycles. The summed E-state index contributed by atoms with van der Waals surface area (Å²) in [6.45, 7) is 3.84. The predicted octanol–water partition coefficient (Wildman–Crippen LogP) is 4.14. The zero-order valence-corrected chi connectivity index (χ0v) is 13.5. The summed E-state index contributed by atoms with van der Waals surface area (Å²) < 4.78 is 26.8. The summed E-state index contributed by atoms with van der Waals surface area (Å²) in [7, 11) is 0. The molecule has 0 aliphatic rings. The average molecular weight is 335 g/mol. The molecule has 1 aromatic heterocycles. The first kappa shape index (κ1) is 17.2. The molecule has 0 radical (unpaired) electrons. The van der Waals surface area contributed by atoms with Crippen molar-refractivity contribution >= 4 is 11.8 Å². The minimum absolute atomic E-state index is 0.0243. The van der Waals surface area contributed by atoms with E-state index in [0.29, 0.717) is 5.69 Å². The number of thioether (sulfide) groups is 1. The van der Waals surface area contributed by atoms with Gasteiger partial charge in [-0.15, -0.1) is 0 Å². The van der Waals surface area contributed by atoms with Crippen LogP contribution in [0.15, 0.2) is 23.4 Å². The molecule has 1 N–H and O–H groups in total. The lowest BCUT2D eigenvalue weighted by atomic mass is 10.0. The molecular formula is C16H15F2N3OS. The summed E-state index contributed by atoms with van der Waals surface area (Å²) in [6, 6.07) is 5.86. The fraction of sp³-hybridized carbons (Fsp3) is 0.312. The van der Waals surface area contributed by atoms with Gasteiger partial charge in [0.2, 0.25) is 5.88 Å². The number of nitriles is 1. The third-order valence-corrected chi connectivity index (χ3v) is 4.37. The van der Waals surface area contributed by atoms with Crippen molar-refractivity contribution in [2.45, 2.75) is 37.1 Å². The smallest absolute Gasteiger partial charge is 0.233 e. The zero-order chi connectivity index (χ0) is 17.0. The zero-order valence-electron chi connectivity index (χ0n) is 12.7. The number of hydrogen-bond donors (Lipinski definition) is 1. The van der Waals surface area contributed by atoms with E-state index in [0.717, 1.165) is 24.2 Å². The van der Waals surface area contributed by atoms with Crippen molar-refractivity contribution in [2.24, 2.45) is 0 Å². The molecule has 7 heteroatoms. The van der Waals surface area contributed by atoms with Crippen molar-refractivity contribution in [1.29, 1.82) is 5.26 Å². The Morgan fingerprint density at radius 1 is 1.35 bits per heavy atom. The first-order valence-corrected chi connectivity index (χ1v) is 8.03. The Balaban J connectivity index is 2.29. The molecule has 0 bridgehead atoms. The van der Waals surface area contributed by atoms with E-state index in [-0.39, 0.29) is 33.8 Å². The van der Waals surface area contributed by atoms with Gasteiger partial charge in [0.05, 0.1) is 5.69 Å². The normalized spacial score (nSPS) is 12.0. The standard InChI is InChI=1S/C16H15F2N3OS/c1-3-9(2)14-11(7-19)15(22)21-16(20-14)23-8-10-5-4-6-12(17)13(10)18/h4-6,9H,3,8H2,1-2H3,(H,20,21,22). The Morgan fingerprint density at radius 2 is 2.09 bits per heavy atom. The van der Waals surface area contributed by atoms with Gasteiger partial charge in [-0.2, -0.15) is 10.2 Å². The monoisotopic (exact) mass is 335 g/mol. The van der Waals surface area contributed by atoms with Gasteiger partial charge in [-0.3, -0.25) is 0 Å². The Hall–Kier alpha value is -2.20. The van der Waals surface area contributed by atoms with Crippen LogP contribution >= 0.6 is 11.8 Å². The first-order valence-electron chi connectivity index (χ1n) is 7.04. The lowest BCUT2D eigenvalue weighted by molar-refractivity contribution is 0.439. The number of aromatic nitrogens is 2. The maximum absolute atomic E-state index is 13.6. The van der Waals surface area contributed by atoms with Crippen LogP contribution in [0.1, 0.15) is 43.0 Å². The largest absolute Gasteiger partial charge is 0.492 e. The van der Waals surface area contributed by atoms with E-state index < -0.39 is 11.6 Å². The van der Waals surface area contributed by atoms with E-state index in [4.69, 9.17) is 5.26 Å². The topological polar surface area (TPSA) is 69.8 Å². The molecule has 1 unspecified atom stereocenters. The lowest BCUT2D eigenvalue weighted by Gasteiger charge is -2.12. The van der Waals surface area contributed by atoms with Crippen LogP contribution < -0.4 is 0 Å². The quantitative estimate of drug-likeness (QED) is 0.657. The van der Waals surface area contributed by atoms with E-state index in [1.54, 1.807) is 0 Å². The second-order valence-corrected chi connectivity index (χ2v) is 5.96. The molecule has 0 fully saturated rings. The summed E-state index contributed by atoms with van der Waals surface area (Å²) in [6.07, 6.45) is 0.744. The number of nitrogens with zero attached hydrogens (tertiary/aromatic N) is 3. The van der Waals surface area contributed by atoms with Crippen LogP contribution in [-0.2, 0) is 5.75 Å². The fourth-order valence-electron chi connectivity index (χ4n) is 1.97. The second-order valence-electron chi connectivity index (χ2n) is 5.01. The summed E-state index contributed by atoms with van der Waals surface area (Å²) >= 11 is 1.07. The van der Waals surface area contributed by atoms with Crippen LogP contribution in [0.5, 0.6) is 5.88 Å². The Bertz CT molecular complexity index is 762. The minimum Gasteiger partial charge on any atom is -0.492 e. The summed E-state index contributed by atoms with van der Waals surface area (Å²) in [5, 5.41) is 19.2. The average Bonchev–Trinajstić information content (AvgIpc) is 2.55. The maximum Gasteiger partial charge on any atom is 0.233 e. The van der Waals surface area contributed by atoms with Gasteiger partial charge in [-0.05, 0) is 18.4 Å². The molecular weight excluding hydrogens is 320 g/mol. The highest BCUT2D eigenvalue weighted by Crippen LogP contribution is 2.30. The van der Waals surface area contributed by atoms with Gasteiger partial charge in [0.25, 0.3) is 0 Å². The number of halogens is 2. The van der Waals surface area contributed by atoms with E-state index in [2.05, 4.69) is 9.97 Å². The van der Waals surface area contributed by atoms with E-state index >= 15 is 0 Å². The molecule has 0 aliphatic heterocycles. The maximum atomic E-state index is 13.6. The van der Waals surface area contributed by atoms with Crippen molar-refractivity contribution in [3.8, 4) is 11.9 Å². The molecule has 0 spiro atoms. The second kappa shape index (κ2) is 7.38. The predicted molar refractivity (Wildman–Crippen MR) is 83.0 cm³/mol. The van der Waals surface area contributed by atoms with Gasteiger partial charge in [-0.25, -0.2) is 13.8 Å². The molecule has 4 nitrogen and oxygen atoms in total. The lowest BCUT2D eigenvalue weighted by Crippen LogP contribution is -2.04. The van der Waals surface area contributed by atoms with Gasteiger partial charge in [0, 0.05) is 11.3 Å². The first-order chi connectivity index (χ1) is 11.0. The third-order valence-electron chi connectivity index (χ3n) is 3.48. The molecule has 1 atom stereocenters. The van der Waals surface area contributed by atoms with Crippen LogP contribution in [0.2, 0.25) is 0 Å². The Morgan fingerprint density at radius 3 is 2.74 bits per heavy atom. The molecule has 2 aromatic rings. The molecule has 1 aromatic carbocycles. The SMILES string of the molecule is CCC(C)c1nc(SCc2cccc(F)c2F)nc(O)c1C#N. The van der Waals surface area contributed by atoms with E-state index in [1.165, 1.54) is 12.1 Å². The number of rotatable bonds is 5. The van der Waals surface area contributed by atoms with Crippen molar-refractivity contribution in [1.82, 2.24) is 9.97 Å². The van der Waals surface area contributed by atoms with Crippen molar-refractivity contribution in [2.75, 3.05) is 0 Å². The Labute approximate surface area is 137 Å². The van der Waals surface area contributed by atoms with Crippen molar-refractivity contribution in [3.05, 3.63) is 46.7 Å². The van der Waals surface area contributed by atoms with Crippen LogP contribution in [-0.4, -0.2) is 15.1 Å². The van der Waals surface area contributed by atoms with Gasteiger partial charge < -0.3 is 5.11 Å². The minimum atomic E-state index is -0.910. The number of benzene rings is 1. The van der Waals surface area contributed by atoms with Crippen LogP contribution in [0, 0.1) is 23.0 Å². The number of aromatic hydroxyl groups is 1. The molecule has 0 saturated carbocycles. The van der Waals surface area contributed by atoms with Gasteiger partial charge >= 0.3 is 0 Å². The summed E-state index contributed by atoms with van der Waals surface area (Å²) in [4.78, 5) is 8.15. The third kappa shape index (κ3) is 3.77. The van der Waals surface area contributed by atoms with Crippen molar-refractivity contribution < 1.29 is 13.9 Å². The van der Waals surface area contributed by atoms with Crippen LogP contribution in [0.4, 0.5) is 8.78 Å². The molecule has 2 rings (SSSR count). The molecule has 120 valence electrons. The van der Waals surface area contributed by atoms with Gasteiger partial charge in [0.1, 0.15) is 11.6 Å². The fourth-order valence-corrected chi connectivity index (χ4v) is 2.79. The van der Waals surface area contributed by atoms with E-state index in [9.17, 15) is 13.9 Å². The van der Waals surface area contributed by atoms with Crippen LogP contribution in [0.25, 0.3) is 0 Å². The number of hydrogen-bond acceptors (Lipinski definition) is 5. The van der Waals surface area contributed by atoms with Gasteiger partial charge in [-0.1, -0.05) is 37.7 Å². The highest BCUT2D eigenvalue weighted by molar-refractivity contribution is 7.98. The summed E-state index contributed by atoms with van der Waals surface area (Å²) in [5.74, 6) is -2.11. The van der Waals surface area contributed by atoms with E-state index in [1.807, 2.05) is 19.9 Å². The summed E-state index contributed by atoms with van der Waals surface area (Å²) in [5.41, 5.74) is 0.706. The molecule has 0 amide bonds. The molecule has 1 heterocycles. The molecule has 23 heavy (non-hydrogen) atoms. The van der Waals surface area contributed by atoms with Crippen molar-refractivity contribution in [3.63, 3.8) is 0 Å².